The summed E-state index contributed by atoms with van der Waals surface area (Å²) in [4.78, 5) is 16.5. The fraction of sp³-hybridized carbons (Fsp3) is 0.438. The van der Waals surface area contributed by atoms with E-state index < -0.39 is 5.97 Å². The number of hydroxylamine groups is 2. The highest BCUT2D eigenvalue weighted by atomic mass is 16.7. The maximum Gasteiger partial charge on any atom is 0.335 e. The van der Waals surface area contributed by atoms with E-state index in [1.807, 2.05) is 20.9 Å². The molecule has 1 aliphatic rings. The Kier molecular flexibility index (Phi) is 4.85. The molecule has 1 aromatic rings. The van der Waals surface area contributed by atoms with E-state index in [1.165, 1.54) is 0 Å². The van der Waals surface area contributed by atoms with Gasteiger partial charge in [0.15, 0.2) is 0 Å². The van der Waals surface area contributed by atoms with E-state index in [4.69, 9.17) is 14.7 Å². The van der Waals surface area contributed by atoms with Gasteiger partial charge in [-0.25, -0.2) is 4.79 Å². The van der Waals surface area contributed by atoms with Gasteiger partial charge in [-0.15, -0.1) is 5.06 Å². The van der Waals surface area contributed by atoms with Crippen LogP contribution in [0.5, 0.6) is 5.75 Å². The molecule has 1 aromatic carbocycles. The first-order valence-corrected chi connectivity index (χ1v) is 7.03. The van der Waals surface area contributed by atoms with Crippen LogP contribution in [0.3, 0.4) is 0 Å². The molecule has 0 radical (unpaired) electrons. The van der Waals surface area contributed by atoms with E-state index in [0.29, 0.717) is 12.2 Å². The summed E-state index contributed by atoms with van der Waals surface area (Å²) >= 11 is 0. The number of aromatic carboxylic acids is 1. The van der Waals surface area contributed by atoms with Gasteiger partial charge in [-0.05, 0) is 49.6 Å². The van der Waals surface area contributed by atoms with Crippen molar-refractivity contribution in [3.63, 3.8) is 0 Å². The van der Waals surface area contributed by atoms with Crippen molar-refractivity contribution >= 4 is 5.97 Å². The van der Waals surface area contributed by atoms with Crippen LogP contribution in [-0.4, -0.2) is 36.3 Å². The number of rotatable bonds is 6. The van der Waals surface area contributed by atoms with Crippen LogP contribution < -0.4 is 4.74 Å². The number of hydrogen-bond acceptors (Lipinski definition) is 4. The quantitative estimate of drug-likeness (QED) is 0.817. The van der Waals surface area contributed by atoms with E-state index in [-0.39, 0.29) is 0 Å². The van der Waals surface area contributed by atoms with Gasteiger partial charge in [0.2, 0.25) is 0 Å². The molecule has 0 fully saturated rings. The molecular weight excluding hydrogens is 270 g/mol. The van der Waals surface area contributed by atoms with Crippen molar-refractivity contribution in [1.29, 1.82) is 0 Å². The minimum Gasteiger partial charge on any atom is -0.493 e. The minimum atomic E-state index is -0.915. The molecule has 0 saturated carbocycles. The van der Waals surface area contributed by atoms with Gasteiger partial charge < -0.3 is 14.7 Å². The lowest BCUT2D eigenvalue weighted by Gasteiger charge is -2.14. The topological polar surface area (TPSA) is 59.0 Å². The molecule has 1 heterocycles. The van der Waals surface area contributed by atoms with Crippen LogP contribution in [0.2, 0.25) is 0 Å². The molecule has 5 heteroatoms. The summed E-state index contributed by atoms with van der Waals surface area (Å²) in [6.45, 7) is 5.14. The van der Waals surface area contributed by atoms with Crippen LogP contribution in [0.1, 0.15) is 34.3 Å². The van der Waals surface area contributed by atoms with Gasteiger partial charge in [0.1, 0.15) is 11.5 Å². The molecule has 21 heavy (non-hydrogen) atoms. The first kappa shape index (κ1) is 15.4. The Hall–Kier alpha value is -2.01. The maximum absolute atomic E-state index is 11.0. The lowest BCUT2D eigenvalue weighted by molar-refractivity contribution is -0.0701. The average Bonchev–Trinajstić information content (AvgIpc) is 2.82. The van der Waals surface area contributed by atoms with Gasteiger partial charge in [0.05, 0.1) is 18.7 Å². The zero-order valence-electron chi connectivity index (χ0n) is 12.7. The Labute approximate surface area is 124 Å². The second kappa shape index (κ2) is 6.63. The third kappa shape index (κ3) is 3.98. The Balaban J connectivity index is 1.87. The number of benzene rings is 1. The van der Waals surface area contributed by atoms with Crippen LogP contribution in [0.25, 0.3) is 0 Å². The fourth-order valence-corrected chi connectivity index (χ4v) is 2.37. The summed E-state index contributed by atoms with van der Waals surface area (Å²) in [5.74, 6) is 0.844. The van der Waals surface area contributed by atoms with Crippen molar-refractivity contribution in [3.05, 3.63) is 40.7 Å². The van der Waals surface area contributed by atoms with Gasteiger partial charge in [-0.1, -0.05) is 0 Å². The Morgan fingerprint density at radius 2 is 2.05 bits per heavy atom. The number of carboxylic acids is 1. The highest BCUT2D eigenvalue weighted by Crippen LogP contribution is 2.25. The summed E-state index contributed by atoms with van der Waals surface area (Å²) < 4.78 is 5.80. The summed E-state index contributed by atoms with van der Waals surface area (Å²) in [6, 6.07) is 3.28. The van der Waals surface area contributed by atoms with Gasteiger partial charge in [-0.3, -0.25) is 0 Å². The first-order valence-electron chi connectivity index (χ1n) is 7.03. The number of allylic oxidation sites excluding steroid dienone is 1. The van der Waals surface area contributed by atoms with E-state index in [0.717, 1.165) is 42.0 Å². The molecule has 1 aliphatic heterocycles. The maximum atomic E-state index is 11.0. The Morgan fingerprint density at radius 1 is 1.38 bits per heavy atom. The summed E-state index contributed by atoms with van der Waals surface area (Å²) in [5.41, 5.74) is 2.00. The predicted octanol–water partition coefficient (Wildman–Crippen LogP) is 2.92. The van der Waals surface area contributed by atoms with Crippen molar-refractivity contribution in [1.82, 2.24) is 5.06 Å². The number of aryl methyl sites for hydroxylation is 2. The first-order chi connectivity index (χ1) is 9.97. The van der Waals surface area contributed by atoms with Crippen molar-refractivity contribution in [2.24, 2.45) is 0 Å². The van der Waals surface area contributed by atoms with Crippen LogP contribution >= 0.6 is 0 Å². The monoisotopic (exact) mass is 291 g/mol. The number of carboxylic acid groups (broad SMARTS) is 1. The molecular formula is C16H21NO4. The second-order valence-corrected chi connectivity index (χ2v) is 5.27. The Morgan fingerprint density at radius 3 is 2.57 bits per heavy atom. The molecule has 0 aromatic heterocycles. The lowest BCUT2D eigenvalue weighted by Crippen LogP contribution is -2.11. The highest BCUT2D eigenvalue weighted by Gasteiger charge is 2.12. The second-order valence-electron chi connectivity index (χ2n) is 5.27. The van der Waals surface area contributed by atoms with Crippen molar-refractivity contribution < 1.29 is 19.5 Å². The summed E-state index contributed by atoms with van der Waals surface area (Å²) in [7, 11) is 1.90. The van der Waals surface area contributed by atoms with Crippen molar-refractivity contribution in [2.75, 3.05) is 20.2 Å². The summed E-state index contributed by atoms with van der Waals surface area (Å²) in [6.07, 6.45) is 3.77. The molecule has 0 saturated heterocycles. The van der Waals surface area contributed by atoms with Crippen LogP contribution in [0.4, 0.5) is 0 Å². The van der Waals surface area contributed by atoms with Gasteiger partial charge >= 0.3 is 5.97 Å². The summed E-state index contributed by atoms with van der Waals surface area (Å²) in [5, 5.41) is 10.8. The normalized spacial score (nSPS) is 14.7. The Bertz CT molecular complexity index is 542. The van der Waals surface area contributed by atoms with Crippen LogP contribution in [0.15, 0.2) is 24.0 Å². The van der Waals surface area contributed by atoms with Crippen molar-refractivity contribution in [2.45, 2.75) is 26.7 Å². The zero-order valence-corrected chi connectivity index (χ0v) is 12.7. The number of nitrogens with zero attached hydrogens (tertiary/aromatic N) is 1. The van der Waals surface area contributed by atoms with E-state index in [2.05, 4.69) is 6.08 Å². The number of carbonyl (C=O) groups is 1. The fourth-order valence-electron chi connectivity index (χ4n) is 2.37. The third-order valence-corrected chi connectivity index (χ3v) is 3.37. The van der Waals surface area contributed by atoms with Gasteiger partial charge in [0.25, 0.3) is 0 Å². The van der Waals surface area contributed by atoms with E-state index in [9.17, 15) is 4.79 Å². The SMILES string of the molecule is Cc1cc(C(=O)O)cc(C)c1OCCCC1=CCN(C)O1. The third-order valence-electron chi connectivity index (χ3n) is 3.37. The van der Waals surface area contributed by atoms with Gasteiger partial charge in [0, 0.05) is 13.5 Å². The number of ether oxygens (including phenoxy) is 1. The smallest absolute Gasteiger partial charge is 0.335 e. The average molecular weight is 291 g/mol. The molecule has 1 N–H and O–H groups in total. The molecule has 0 amide bonds. The lowest BCUT2D eigenvalue weighted by atomic mass is 10.1. The van der Waals surface area contributed by atoms with Crippen molar-refractivity contribution in [3.8, 4) is 5.75 Å². The molecule has 0 spiro atoms. The van der Waals surface area contributed by atoms with E-state index >= 15 is 0 Å². The standard InChI is InChI=1S/C16H21NO4/c1-11-9-13(16(18)19)10-12(2)15(11)20-8-4-5-14-6-7-17(3)21-14/h6,9-10H,4-5,7-8H2,1-3H3,(H,18,19). The molecule has 114 valence electrons. The van der Waals surface area contributed by atoms with Crippen LogP contribution in [0, 0.1) is 13.8 Å². The molecule has 0 unspecified atom stereocenters. The molecule has 0 aliphatic carbocycles. The highest BCUT2D eigenvalue weighted by molar-refractivity contribution is 5.88. The zero-order chi connectivity index (χ0) is 15.4. The predicted molar refractivity (Wildman–Crippen MR) is 79.4 cm³/mol. The number of hydrogen-bond donors (Lipinski definition) is 1. The van der Waals surface area contributed by atoms with Gasteiger partial charge in [-0.2, -0.15) is 0 Å². The molecule has 2 rings (SSSR count). The molecule has 0 bridgehead atoms. The van der Waals surface area contributed by atoms with E-state index in [1.54, 1.807) is 17.2 Å². The molecule has 5 nitrogen and oxygen atoms in total. The minimum absolute atomic E-state index is 0.296. The largest absolute Gasteiger partial charge is 0.493 e. The molecule has 0 atom stereocenters. The number of likely N-dealkylation sites (N-methyl/N-ethyl adjacent to an activating group) is 1. The van der Waals surface area contributed by atoms with Crippen LogP contribution in [-0.2, 0) is 4.84 Å².